The Morgan fingerprint density at radius 3 is 2.79 bits per heavy atom. The van der Waals surface area contributed by atoms with Crippen molar-refractivity contribution < 1.29 is 13.2 Å². The van der Waals surface area contributed by atoms with Crippen LogP contribution in [-0.2, 0) is 16.4 Å². The Hall–Kier alpha value is -3.15. The van der Waals surface area contributed by atoms with Crippen LogP contribution in [0.1, 0.15) is 22.6 Å². The average molecular weight is 396 g/mol. The average Bonchev–Trinajstić information content (AvgIpc) is 3.12. The van der Waals surface area contributed by atoms with Crippen LogP contribution in [0, 0.1) is 12.3 Å². The predicted octanol–water partition coefficient (Wildman–Crippen LogP) is 1.84. The van der Waals surface area contributed by atoms with Gasteiger partial charge in [0, 0.05) is 18.5 Å². The van der Waals surface area contributed by atoms with Gasteiger partial charge in [-0.25, -0.2) is 13.4 Å². The number of terminal acetylenes is 1. The van der Waals surface area contributed by atoms with E-state index >= 15 is 0 Å². The van der Waals surface area contributed by atoms with Crippen molar-refractivity contribution in [2.45, 2.75) is 17.7 Å². The number of amides is 1. The third kappa shape index (κ3) is 4.76. The molecule has 28 heavy (non-hydrogen) atoms. The van der Waals surface area contributed by atoms with Gasteiger partial charge in [0.15, 0.2) is 0 Å². The zero-order valence-electron chi connectivity index (χ0n) is 15.1. The van der Waals surface area contributed by atoms with Crippen LogP contribution in [-0.4, -0.2) is 37.4 Å². The molecule has 0 aliphatic rings. The van der Waals surface area contributed by atoms with Gasteiger partial charge in [0.05, 0.1) is 22.5 Å². The molecule has 3 N–H and O–H groups in total. The normalized spacial score (nSPS) is 11.2. The molecule has 0 saturated heterocycles. The molecule has 0 fully saturated rings. The number of rotatable bonds is 8. The number of imidazole rings is 1. The number of hydrogen-bond acceptors (Lipinski definition) is 4. The molecule has 8 heteroatoms. The highest BCUT2D eigenvalue weighted by molar-refractivity contribution is 7.89. The molecule has 144 valence electrons. The summed E-state index contributed by atoms with van der Waals surface area (Å²) in [6, 6.07) is 13.6. The van der Waals surface area contributed by atoms with Gasteiger partial charge >= 0.3 is 0 Å². The topological polar surface area (TPSA) is 104 Å². The number of aromatic amines is 1. The van der Waals surface area contributed by atoms with Gasteiger partial charge in [-0.2, -0.15) is 4.72 Å². The van der Waals surface area contributed by atoms with Crippen LogP contribution < -0.4 is 10.0 Å². The van der Waals surface area contributed by atoms with Gasteiger partial charge in [-0.05, 0) is 36.8 Å². The van der Waals surface area contributed by atoms with Crippen LogP contribution in [0.5, 0.6) is 0 Å². The number of nitrogens with zero attached hydrogens (tertiary/aromatic N) is 1. The van der Waals surface area contributed by atoms with E-state index in [9.17, 15) is 13.2 Å². The number of nitrogens with one attached hydrogen (secondary N) is 3. The highest BCUT2D eigenvalue weighted by atomic mass is 32.2. The molecule has 2 aromatic carbocycles. The van der Waals surface area contributed by atoms with E-state index in [0.717, 1.165) is 16.9 Å². The van der Waals surface area contributed by atoms with E-state index in [2.05, 4.69) is 25.9 Å². The van der Waals surface area contributed by atoms with Crippen LogP contribution >= 0.6 is 0 Å². The maximum Gasteiger partial charge on any atom is 0.251 e. The van der Waals surface area contributed by atoms with Gasteiger partial charge in [-0.1, -0.05) is 24.1 Å². The summed E-state index contributed by atoms with van der Waals surface area (Å²) in [5.41, 5.74) is 2.17. The highest BCUT2D eigenvalue weighted by Crippen LogP contribution is 2.12. The minimum Gasteiger partial charge on any atom is -0.352 e. The van der Waals surface area contributed by atoms with Crippen molar-refractivity contribution in [3.8, 4) is 12.3 Å². The third-order valence-electron chi connectivity index (χ3n) is 4.09. The Bertz CT molecular complexity index is 1100. The van der Waals surface area contributed by atoms with Crippen LogP contribution in [0.3, 0.4) is 0 Å². The van der Waals surface area contributed by atoms with E-state index in [1.54, 1.807) is 6.07 Å². The monoisotopic (exact) mass is 396 g/mol. The Balaban J connectivity index is 1.55. The summed E-state index contributed by atoms with van der Waals surface area (Å²) in [6.45, 7) is 0.336. The largest absolute Gasteiger partial charge is 0.352 e. The number of carbonyl (C=O) groups is 1. The first-order valence-corrected chi connectivity index (χ1v) is 10.2. The zero-order chi connectivity index (χ0) is 20.0. The van der Waals surface area contributed by atoms with Crippen molar-refractivity contribution >= 4 is 27.0 Å². The minimum atomic E-state index is -3.74. The van der Waals surface area contributed by atoms with Crippen LogP contribution in [0.15, 0.2) is 53.4 Å². The van der Waals surface area contributed by atoms with Crippen LogP contribution in [0.2, 0.25) is 0 Å². The summed E-state index contributed by atoms with van der Waals surface area (Å²) < 4.78 is 26.5. The van der Waals surface area contributed by atoms with E-state index in [1.165, 1.54) is 18.2 Å². The van der Waals surface area contributed by atoms with Gasteiger partial charge in [0.25, 0.3) is 5.91 Å². The molecule has 0 bridgehead atoms. The quantitative estimate of drug-likeness (QED) is 0.399. The van der Waals surface area contributed by atoms with Crippen molar-refractivity contribution in [3.63, 3.8) is 0 Å². The fraction of sp³-hybridized carbons (Fsp3) is 0.200. The first-order chi connectivity index (χ1) is 13.5. The SMILES string of the molecule is C#CCNS(=O)(=O)c1cccc(C(=O)NCCCc2nc3ccccc3[nH]2)c1. The van der Waals surface area contributed by atoms with E-state index < -0.39 is 10.0 Å². The molecule has 0 atom stereocenters. The molecule has 1 amide bonds. The first kappa shape index (κ1) is 19.6. The number of aryl methyl sites for hydroxylation is 1. The second-order valence-electron chi connectivity index (χ2n) is 6.12. The van der Waals surface area contributed by atoms with Crippen LogP contribution in [0.4, 0.5) is 0 Å². The summed E-state index contributed by atoms with van der Waals surface area (Å²) in [5.74, 6) is 2.74. The number of aromatic nitrogens is 2. The molecular weight excluding hydrogens is 376 g/mol. The van der Waals surface area contributed by atoms with E-state index in [4.69, 9.17) is 6.42 Å². The molecule has 0 spiro atoms. The lowest BCUT2D eigenvalue weighted by Crippen LogP contribution is -2.26. The van der Waals surface area contributed by atoms with Crippen molar-refractivity contribution in [1.29, 1.82) is 0 Å². The number of carbonyl (C=O) groups excluding carboxylic acids is 1. The Labute approximate surface area is 163 Å². The maximum atomic E-state index is 12.3. The molecule has 1 heterocycles. The second-order valence-corrected chi connectivity index (χ2v) is 7.88. The number of hydrogen-bond donors (Lipinski definition) is 3. The highest BCUT2D eigenvalue weighted by Gasteiger charge is 2.15. The number of para-hydroxylation sites is 2. The Morgan fingerprint density at radius 1 is 1.18 bits per heavy atom. The predicted molar refractivity (Wildman–Crippen MR) is 107 cm³/mol. The lowest BCUT2D eigenvalue weighted by Gasteiger charge is -2.08. The van der Waals surface area contributed by atoms with Crippen LogP contribution in [0.25, 0.3) is 11.0 Å². The molecular formula is C20H20N4O3S. The van der Waals surface area contributed by atoms with Crippen molar-refractivity contribution in [1.82, 2.24) is 20.0 Å². The Kier molecular flexibility index (Phi) is 6.09. The third-order valence-corrected chi connectivity index (χ3v) is 5.48. The standard InChI is InChI=1S/C20H20N4O3S/c1-2-12-22-28(26,27)16-8-5-7-15(14-16)20(25)21-13-6-11-19-23-17-9-3-4-10-18(17)24-19/h1,3-5,7-10,14,22H,6,11-13H2,(H,21,25)(H,23,24). The maximum absolute atomic E-state index is 12.3. The van der Waals surface area contributed by atoms with Gasteiger partial charge in [-0.3, -0.25) is 4.79 Å². The molecule has 3 aromatic rings. The van der Waals surface area contributed by atoms with Gasteiger partial charge in [0.1, 0.15) is 5.82 Å². The molecule has 1 aromatic heterocycles. The van der Waals surface area contributed by atoms with Gasteiger partial charge in [0.2, 0.25) is 10.0 Å². The number of fused-ring (bicyclic) bond motifs is 1. The van der Waals surface area contributed by atoms with Crippen molar-refractivity contribution in [2.75, 3.05) is 13.1 Å². The van der Waals surface area contributed by atoms with Crippen molar-refractivity contribution in [2.24, 2.45) is 0 Å². The Morgan fingerprint density at radius 2 is 2.00 bits per heavy atom. The van der Waals surface area contributed by atoms with Gasteiger partial charge in [-0.15, -0.1) is 6.42 Å². The van der Waals surface area contributed by atoms with E-state index in [1.807, 2.05) is 24.3 Å². The number of H-pyrrole nitrogens is 1. The van der Waals surface area contributed by atoms with E-state index in [0.29, 0.717) is 19.4 Å². The summed E-state index contributed by atoms with van der Waals surface area (Å²) in [7, 11) is -3.74. The summed E-state index contributed by atoms with van der Waals surface area (Å²) >= 11 is 0. The fourth-order valence-corrected chi connectivity index (χ4v) is 3.69. The molecule has 0 radical (unpaired) electrons. The molecule has 3 rings (SSSR count). The van der Waals surface area contributed by atoms with Crippen molar-refractivity contribution in [3.05, 3.63) is 59.9 Å². The molecule has 0 unspecified atom stereocenters. The number of sulfonamides is 1. The lowest BCUT2D eigenvalue weighted by atomic mass is 10.2. The smallest absolute Gasteiger partial charge is 0.251 e. The molecule has 0 aliphatic carbocycles. The molecule has 7 nitrogen and oxygen atoms in total. The van der Waals surface area contributed by atoms with Gasteiger partial charge < -0.3 is 10.3 Å². The summed E-state index contributed by atoms with van der Waals surface area (Å²) in [5, 5.41) is 2.80. The minimum absolute atomic E-state index is 0.00215. The first-order valence-electron chi connectivity index (χ1n) is 8.74. The summed E-state index contributed by atoms with van der Waals surface area (Å²) in [4.78, 5) is 20.0. The molecule has 0 saturated carbocycles. The lowest BCUT2D eigenvalue weighted by molar-refractivity contribution is 0.0953. The van der Waals surface area contributed by atoms with E-state index in [-0.39, 0.29) is 22.9 Å². The zero-order valence-corrected chi connectivity index (χ0v) is 15.9. The second kappa shape index (κ2) is 8.69. The fourth-order valence-electron chi connectivity index (χ4n) is 2.71. The molecule has 0 aliphatic heterocycles. The number of benzene rings is 2. The summed E-state index contributed by atoms with van der Waals surface area (Å²) in [6.07, 6.45) is 6.47.